The van der Waals surface area contributed by atoms with Crippen molar-refractivity contribution in [2.45, 2.75) is 12.8 Å². The largest absolute Gasteiger partial charge is 0.284 e. The molecule has 1 N–H and O–H groups in total. The number of pyridine rings is 1. The Morgan fingerprint density at radius 3 is 3.00 bits per heavy atom. The quantitative estimate of drug-likeness (QED) is 0.873. The van der Waals surface area contributed by atoms with Crippen LogP contribution in [0.4, 0.5) is 0 Å². The summed E-state index contributed by atoms with van der Waals surface area (Å²) in [5.41, 5.74) is 4.41. The number of H-pyrrole nitrogens is 1. The lowest BCUT2D eigenvalue weighted by molar-refractivity contribution is 0.818. The maximum absolute atomic E-state index is 4.64. The molecule has 0 saturated carbocycles. The zero-order valence-electron chi connectivity index (χ0n) is 10.0. The zero-order valence-corrected chi connectivity index (χ0v) is 10.0. The lowest BCUT2D eigenvalue weighted by atomic mass is 9.96. The summed E-state index contributed by atoms with van der Waals surface area (Å²) < 4.78 is 0. The SMILES string of the molecule is C(=C1CCCN=C1c1cccnc1)c1ccn[nH]1. The molecular weight excluding hydrogens is 224 g/mol. The molecule has 4 nitrogen and oxygen atoms in total. The number of hydrogen-bond donors (Lipinski definition) is 1. The Morgan fingerprint density at radius 1 is 1.22 bits per heavy atom. The average Bonchev–Trinajstić information content (AvgIpc) is 2.93. The lowest BCUT2D eigenvalue weighted by Crippen LogP contribution is -2.11. The second-order valence-electron chi connectivity index (χ2n) is 4.26. The molecule has 18 heavy (non-hydrogen) atoms. The van der Waals surface area contributed by atoms with Crippen molar-refractivity contribution >= 4 is 11.8 Å². The molecule has 0 radical (unpaired) electrons. The van der Waals surface area contributed by atoms with Crippen LogP contribution in [0.2, 0.25) is 0 Å². The molecule has 0 fully saturated rings. The van der Waals surface area contributed by atoms with Gasteiger partial charge in [-0.25, -0.2) is 0 Å². The molecule has 0 spiro atoms. The summed E-state index contributed by atoms with van der Waals surface area (Å²) in [5, 5.41) is 6.92. The highest BCUT2D eigenvalue weighted by molar-refractivity contribution is 6.15. The van der Waals surface area contributed by atoms with E-state index >= 15 is 0 Å². The second-order valence-corrected chi connectivity index (χ2v) is 4.26. The van der Waals surface area contributed by atoms with E-state index in [9.17, 15) is 0 Å². The van der Waals surface area contributed by atoms with Gasteiger partial charge in [0, 0.05) is 30.7 Å². The molecular formula is C14H14N4. The Labute approximate surface area is 105 Å². The van der Waals surface area contributed by atoms with E-state index < -0.39 is 0 Å². The monoisotopic (exact) mass is 238 g/mol. The van der Waals surface area contributed by atoms with Crippen LogP contribution in [0.5, 0.6) is 0 Å². The van der Waals surface area contributed by atoms with Gasteiger partial charge in [-0.3, -0.25) is 15.1 Å². The molecule has 2 aromatic heterocycles. The first-order valence-corrected chi connectivity index (χ1v) is 6.08. The van der Waals surface area contributed by atoms with Crippen LogP contribution < -0.4 is 0 Å². The van der Waals surface area contributed by atoms with Crippen LogP contribution in [0.25, 0.3) is 6.08 Å². The van der Waals surface area contributed by atoms with Crippen molar-refractivity contribution in [2.24, 2.45) is 4.99 Å². The van der Waals surface area contributed by atoms with Crippen molar-refractivity contribution in [3.05, 3.63) is 53.6 Å². The van der Waals surface area contributed by atoms with Crippen molar-refractivity contribution in [1.29, 1.82) is 0 Å². The third-order valence-corrected chi connectivity index (χ3v) is 2.97. The molecule has 4 heteroatoms. The van der Waals surface area contributed by atoms with Gasteiger partial charge in [-0.15, -0.1) is 0 Å². The van der Waals surface area contributed by atoms with Crippen molar-refractivity contribution in [1.82, 2.24) is 15.2 Å². The summed E-state index contributed by atoms with van der Waals surface area (Å²) in [6, 6.07) is 5.96. The molecule has 0 amide bonds. The number of aromatic nitrogens is 3. The van der Waals surface area contributed by atoms with Gasteiger partial charge in [0.1, 0.15) is 0 Å². The van der Waals surface area contributed by atoms with Crippen LogP contribution in [0, 0.1) is 0 Å². The Hall–Kier alpha value is -2.23. The molecule has 2 aromatic rings. The first kappa shape index (κ1) is 10.9. The van der Waals surface area contributed by atoms with E-state index in [0.717, 1.165) is 36.4 Å². The first-order chi connectivity index (χ1) is 8.93. The Kier molecular flexibility index (Phi) is 3.00. The molecule has 0 aliphatic carbocycles. The summed E-state index contributed by atoms with van der Waals surface area (Å²) in [5.74, 6) is 0. The minimum absolute atomic E-state index is 0.893. The maximum atomic E-state index is 4.64. The van der Waals surface area contributed by atoms with Gasteiger partial charge in [-0.2, -0.15) is 5.10 Å². The maximum Gasteiger partial charge on any atom is 0.0694 e. The smallest absolute Gasteiger partial charge is 0.0694 e. The van der Waals surface area contributed by atoms with Gasteiger partial charge in [-0.05, 0) is 42.7 Å². The molecule has 0 unspecified atom stereocenters. The fourth-order valence-corrected chi connectivity index (χ4v) is 2.14. The highest BCUT2D eigenvalue weighted by Gasteiger charge is 2.14. The summed E-state index contributed by atoms with van der Waals surface area (Å²) >= 11 is 0. The fraction of sp³-hybridized carbons (Fsp3) is 0.214. The molecule has 0 aromatic carbocycles. The Bertz CT molecular complexity index is 567. The number of rotatable bonds is 2. The van der Waals surface area contributed by atoms with Crippen LogP contribution in [-0.4, -0.2) is 27.4 Å². The van der Waals surface area contributed by atoms with Crippen LogP contribution >= 0.6 is 0 Å². The highest BCUT2D eigenvalue weighted by atomic mass is 15.1. The topological polar surface area (TPSA) is 53.9 Å². The Balaban J connectivity index is 1.99. The van der Waals surface area contributed by atoms with Crippen molar-refractivity contribution < 1.29 is 0 Å². The predicted molar refractivity (Wildman–Crippen MR) is 71.4 cm³/mol. The molecule has 3 heterocycles. The van der Waals surface area contributed by atoms with E-state index in [1.807, 2.05) is 18.3 Å². The summed E-state index contributed by atoms with van der Waals surface area (Å²) in [6.45, 7) is 0.893. The van der Waals surface area contributed by atoms with E-state index in [4.69, 9.17) is 0 Å². The van der Waals surface area contributed by atoms with E-state index in [1.165, 1.54) is 5.57 Å². The number of nitrogens with zero attached hydrogens (tertiary/aromatic N) is 3. The zero-order chi connectivity index (χ0) is 12.2. The van der Waals surface area contributed by atoms with E-state index in [1.54, 1.807) is 12.4 Å². The highest BCUT2D eigenvalue weighted by Crippen LogP contribution is 2.21. The van der Waals surface area contributed by atoms with Gasteiger partial charge in [0.05, 0.1) is 11.4 Å². The summed E-state index contributed by atoms with van der Waals surface area (Å²) in [7, 11) is 0. The van der Waals surface area contributed by atoms with Gasteiger partial charge in [0.25, 0.3) is 0 Å². The molecule has 0 saturated heterocycles. The van der Waals surface area contributed by atoms with E-state index in [2.05, 4.69) is 32.3 Å². The number of allylic oxidation sites excluding steroid dienone is 1. The van der Waals surface area contributed by atoms with Crippen LogP contribution in [0.3, 0.4) is 0 Å². The minimum atomic E-state index is 0.893. The minimum Gasteiger partial charge on any atom is -0.284 e. The normalized spacial score (nSPS) is 17.8. The third kappa shape index (κ3) is 2.22. The summed E-state index contributed by atoms with van der Waals surface area (Å²) in [4.78, 5) is 8.80. The lowest BCUT2D eigenvalue weighted by Gasteiger charge is -2.15. The van der Waals surface area contributed by atoms with Crippen LogP contribution in [0.1, 0.15) is 24.1 Å². The number of hydrogen-bond acceptors (Lipinski definition) is 3. The van der Waals surface area contributed by atoms with Crippen molar-refractivity contribution in [3.63, 3.8) is 0 Å². The van der Waals surface area contributed by atoms with Crippen LogP contribution in [0.15, 0.2) is 47.4 Å². The predicted octanol–water partition coefficient (Wildman–Crippen LogP) is 2.47. The van der Waals surface area contributed by atoms with Gasteiger partial charge in [0.15, 0.2) is 0 Å². The Morgan fingerprint density at radius 2 is 2.22 bits per heavy atom. The van der Waals surface area contributed by atoms with E-state index in [0.29, 0.717) is 0 Å². The van der Waals surface area contributed by atoms with Gasteiger partial charge in [0.2, 0.25) is 0 Å². The average molecular weight is 238 g/mol. The second kappa shape index (κ2) is 4.96. The van der Waals surface area contributed by atoms with Crippen molar-refractivity contribution in [2.75, 3.05) is 6.54 Å². The van der Waals surface area contributed by atoms with E-state index in [-0.39, 0.29) is 0 Å². The molecule has 0 bridgehead atoms. The van der Waals surface area contributed by atoms with Crippen LogP contribution in [-0.2, 0) is 0 Å². The number of aliphatic imine (C=N–C) groups is 1. The fourth-order valence-electron chi connectivity index (χ4n) is 2.14. The van der Waals surface area contributed by atoms with Crippen molar-refractivity contribution in [3.8, 4) is 0 Å². The van der Waals surface area contributed by atoms with Gasteiger partial charge >= 0.3 is 0 Å². The third-order valence-electron chi connectivity index (χ3n) is 2.97. The summed E-state index contributed by atoms with van der Waals surface area (Å²) in [6.07, 6.45) is 9.68. The number of aromatic amines is 1. The van der Waals surface area contributed by atoms with Gasteiger partial charge in [-0.1, -0.05) is 0 Å². The molecule has 0 atom stereocenters. The number of nitrogens with one attached hydrogen (secondary N) is 1. The molecule has 1 aliphatic heterocycles. The molecule has 1 aliphatic rings. The van der Waals surface area contributed by atoms with Gasteiger partial charge < -0.3 is 0 Å². The standard InChI is InChI=1S/C14H14N4/c1-4-12(10-15-6-1)14-11(3-2-7-16-14)9-13-5-8-17-18-13/h1,4-6,8-10H,2-3,7H2,(H,17,18). The molecule has 90 valence electrons. The molecule has 3 rings (SSSR count). The first-order valence-electron chi connectivity index (χ1n) is 6.08.